The molecule has 0 heterocycles. The van der Waals surface area contributed by atoms with Crippen molar-refractivity contribution in [1.29, 1.82) is 0 Å². The molecule has 0 radical (unpaired) electrons. The fraction of sp³-hybridized carbons (Fsp3) is 0.529. The number of hydrogen-bond acceptors (Lipinski definition) is 4. The first-order valence-corrected chi connectivity index (χ1v) is 7.82. The van der Waals surface area contributed by atoms with Gasteiger partial charge in [-0.1, -0.05) is 12.1 Å². The number of ether oxygens (including phenoxy) is 2. The van der Waals surface area contributed by atoms with Gasteiger partial charge in [0.1, 0.15) is 0 Å². The van der Waals surface area contributed by atoms with Gasteiger partial charge in [0, 0.05) is 12.5 Å². The largest absolute Gasteiger partial charge is 0.490 e. The van der Waals surface area contributed by atoms with Crippen molar-refractivity contribution < 1.29 is 24.2 Å². The zero-order valence-corrected chi connectivity index (χ0v) is 13.9. The van der Waals surface area contributed by atoms with Crippen molar-refractivity contribution in [3.8, 4) is 11.5 Å². The lowest BCUT2D eigenvalue weighted by Crippen LogP contribution is -2.40. The summed E-state index contributed by atoms with van der Waals surface area (Å²) >= 11 is 0. The van der Waals surface area contributed by atoms with E-state index in [-0.39, 0.29) is 12.3 Å². The van der Waals surface area contributed by atoms with Crippen LogP contribution in [0.15, 0.2) is 24.3 Å². The number of para-hydroxylation sites is 2. The number of carbonyl (C=O) groups excluding carboxylic acids is 1. The average molecular weight is 323 g/mol. The summed E-state index contributed by atoms with van der Waals surface area (Å²) in [6, 6.07) is 6.98. The Morgan fingerprint density at radius 3 is 2.35 bits per heavy atom. The lowest BCUT2D eigenvalue weighted by Gasteiger charge is -2.17. The smallest absolute Gasteiger partial charge is 0.308 e. The number of benzene rings is 1. The van der Waals surface area contributed by atoms with E-state index < -0.39 is 17.9 Å². The molecule has 0 aliphatic carbocycles. The summed E-state index contributed by atoms with van der Waals surface area (Å²) in [6.45, 7) is 6.11. The van der Waals surface area contributed by atoms with Crippen LogP contribution in [0.1, 0.15) is 33.6 Å². The van der Waals surface area contributed by atoms with Crippen molar-refractivity contribution >= 4 is 11.9 Å². The fourth-order valence-electron chi connectivity index (χ4n) is 1.92. The predicted molar refractivity (Wildman–Crippen MR) is 86.7 cm³/mol. The lowest BCUT2D eigenvalue weighted by atomic mass is 10.0. The summed E-state index contributed by atoms with van der Waals surface area (Å²) in [4.78, 5) is 22.6. The van der Waals surface area contributed by atoms with E-state index in [9.17, 15) is 9.59 Å². The van der Waals surface area contributed by atoms with E-state index in [2.05, 4.69) is 5.32 Å². The third kappa shape index (κ3) is 6.59. The zero-order valence-electron chi connectivity index (χ0n) is 13.9. The van der Waals surface area contributed by atoms with Gasteiger partial charge < -0.3 is 19.9 Å². The molecule has 0 saturated heterocycles. The van der Waals surface area contributed by atoms with E-state index in [0.717, 1.165) is 0 Å². The number of nitrogens with one attached hydrogen (secondary N) is 1. The molecule has 0 saturated carbocycles. The van der Waals surface area contributed by atoms with Crippen LogP contribution in [-0.2, 0) is 9.59 Å². The maximum Gasteiger partial charge on any atom is 0.308 e. The minimum Gasteiger partial charge on any atom is -0.490 e. The standard InChI is InChI=1S/C17H25NO5/c1-4-22-14-8-5-6-9-15(14)23-11-7-10-16(19)18-13(3)12(2)17(20)21/h5-6,8-9,12-13H,4,7,10-11H2,1-3H3,(H,18,19)(H,20,21). The molecule has 128 valence electrons. The van der Waals surface area contributed by atoms with Crippen LogP contribution in [0.5, 0.6) is 11.5 Å². The number of rotatable bonds is 10. The number of carboxylic acids is 1. The third-order valence-electron chi connectivity index (χ3n) is 3.48. The van der Waals surface area contributed by atoms with Gasteiger partial charge in [0.25, 0.3) is 0 Å². The summed E-state index contributed by atoms with van der Waals surface area (Å²) in [5, 5.41) is 11.6. The molecule has 2 unspecified atom stereocenters. The third-order valence-corrected chi connectivity index (χ3v) is 3.48. The molecule has 1 aromatic rings. The number of hydrogen-bond donors (Lipinski definition) is 2. The van der Waals surface area contributed by atoms with Crippen molar-refractivity contribution in [1.82, 2.24) is 5.32 Å². The maximum absolute atomic E-state index is 11.8. The van der Waals surface area contributed by atoms with Gasteiger partial charge in [-0.25, -0.2) is 0 Å². The monoisotopic (exact) mass is 323 g/mol. The molecular weight excluding hydrogens is 298 g/mol. The predicted octanol–water partition coefficient (Wildman–Crippen LogP) is 2.47. The Balaban J connectivity index is 2.32. The molecule has 1 aromatic carbocycles. The van der Waals surface area contributed by atoms with Gasteiger partial charge in [0.2, 0.25) is 5.91 Å². The van der Waals surface area contributed by atoms with Crippen LogP contribution < -0.4 is 14.8 Å². The Morgan fingerprint density at radius 2 is 1.78 bits per heavy atom. The minimum atomic E-state index is -0.923. The number of amides is 1. The Hall–Kier alpha value is -2.24. The molecule has 2 atom stereocenters. The average Bonchev–Trinajstić information content (AvgIpc) is 2.52. The summed E-state index contributed by atoms with van der Waals surface area (Å²) in [6.07, 6.45) is 0.827. The van der Waals surface area contributed by atoms with Gasteiger partial charge in [-0.05, 0) is 39.3 Å². The molecule has 0 aromatic heterocycles. The summed E-state index contributed by atoms with van der Waals surface area (Å²) < 4.78 is 11.1. The van der Waals surface area contributed by atoms with Crippen LogP contribution in [0.2, 0.25) is 0 Å². The summed E-state index contributed by atoms with van der Waals surface area (Å²) in [5.41, 5.74) is 0. The Bertz CT molecular complexity index is 517. The Morgan fingerprint density at radius 1 is 1.17 bits per heavy atom. The van der Waals surface area contributed by atoms with E-state index in [1.807, 2.05) is 31.2 Å². The van der Waals surface area contributed by atoms with E-state index in [1.165, 1.54) is 0 Å². The van der Waals surface area contributed by atoms with Gasteiger partial charge in [-0.3, -0.25) is 9.59 Å². The second kappa shape index (κ2) is 9.71. The highest BCUT2D eigenvalue weighted by Gasteiger charge is 2.20. The molecule has 0 aliphatic heterocycles. The van der Waals surface area contributed by atoms with E-state index in [0.29, 0.717) is 31.1 Å². The van der Waals surface area contributed by atoms with Crippen molar-refractivity contribution in [2.45, 2.75) is 39.7 Å². The quantitative estimate of drug-likeness (QED) is 0.646. The highest BCUT2D eigenvalue weighted by atomic mass is 16.5. The molecule has 0 bridgehead atoms. The van der Waals surface area contributed by atoms with Gasteiger partial charge in [-0.15, -0.1) is 0 Å². The summed E-state index contributed by atoms with van der Waals surface area (Å²) in [7, 11) is 0. The highest BCUT2D eigenvalue weighted by Crippen LogP contribution is 2.26. The number of carbonyl (C=O) groups is 2. The van der Waals surface area contributed by atoms with Crippen LogP contribution in [-0.4, -0.2) is 36.2 Å². The van der Waals surface area contributed by atoms with Crippen molar-refractivity contribution in [3.63, 3.8) is 0 Å². The first kappa shape index (κ1) is 18.8. The molecule has 6 nitrogen and oxygen atoms in total. The molecule has 0 spiro atoms. The van der Waals surface area contributed by atoms with Crippen LogP contribution in [0.3, 0.4) is 0 Å². The van der Waals surface area contributed by atoms with Crippen molar-refractivity contribution in [3.05, 3.63) is 24.3 Å². The fourth-order valence-corrected chi connectivity index (χ4v) is 1.92. The topological polar surface area (TPSA) is 84.9 Å². The second-order valence-electron chi connectivity index (χ2n) is 5.31. The van der Waals surface area contributed by atoms with Crippen LogP contribution in [0.4, 0.5) is 0 Å². The van der Waals surface area contributed by atoms with Crippen LogP contribution in [0.25, 0.3) is 0 Å². The van der Waals surface area contributed by atoms with E-state index >= 15 is 0 Å². The number of carboxylic acid groups (broad SMARTS) is 1. The first-order chi connectivity index (χ1) is 11.0. The van der Waals surface area contributed by atoms with Gasteiger partial charge >= 0.3 is 5.97 Å². The Labute approximate surface area is 136 Å². The number of aliphatic carboxylic acids is 1. The molecule has 23 heavy (non-hydrogen) atoms. The highest BCUT2D eigenvalue weighted by molar-refractivity contribution is 5.77. The zero-order chi connectivity index (χ0) is 17.2. The summed E-state index contributed by atoms with van der Waals surface area (Å²) in [5.74, 6) is -0.375. The SMILES string of the molecule is CCOc1ccccc1OCCCC(=O)NC(C)C(C)C(=O)O. The van der Waals surface area contributed by atoms with Gasteiger partial charge in [0.15, 0.2) is 11.5 Å². The molecule has 0 fully saturated rings. The molecular formula is C17H25NO5. The normalized spacial score (nSPS) is 13.0. The molecule has 1 rings (SSSR count). The van der Waals surface area contributed by atoms with Crippen LogP contribution in [0, 0.1) is 5.92 Å². The van der Waals surface area contributed by atoms with Crippen LogP contribution >= 0.6 is 0 Å². The second-order valence-corrected chi connectivity index (χ2v) is 5.31. The molecule has 1 amide bonds. The van der Waals surface area contributed by atoms with Crippen molar-refractivity contribution in [2.75, 3.05) is 13.2 Å². The van der Waals surface area contributed by atoms with E-state index in [1.54, 1.807) is 13.8 Å². The van der Waals surface area contributed by atoms with Gasteiger partial charge in [-0.2, -0.15) is 0 Å². The van der Waals surface area contributed by atoms with Crippen molar-refractivity contribution in [2.24, 2.45) is 5.92 Å². The van der Waals surface area contributed by atoms with E-state index in [4.69, 9.17) is 14.6 Å². The molecule has 2 N–H and O–H groups in total. The Kier molecular flexibility index (Phi) is 7.94. The first-order valence-electron chi connectivity index (χ1n) is 7.82. The minimum absolute atomic E-state index is 0.174. The maximum atomic E-state index is 11.8. The van der Waals surface area contributed by atoms with Gasteiger partial charge in [0.05, 0.1) is 19.1 Å². The molecule has 6 heteroatoms. The lowest BCUT2D eigenvalue weighted by molar-refractivity contribution is -0.142. The molecule has 0 aliphatic rings.